The molecule has 0 spiro atoms. The maximum absolute atomic E-state index is 4.28. The van der Waals surface area contributed by atoms with Gasteiger partial charge in [-0.2, -0.15) is 0 Å². The number of aromatic amines is 1. The molecule has 0 aliphatic heterocycles. The Balaban J connectivity index is 2.33. The van der Waals surface area contributed by atoms with Crippen LogP contribution in [0.15, 0.2) is 35.6 Å². The van der Waals surface area contributed by atoms with Crippen LogP contribution in [-0.2, 0) is 0 Å². The molecule has 0 radical (unpaired) electrons. The maximum Gasteiger partial charge on any atom is 0.155 e. The molecule has 0 fully saturated rings. The summed E-state index contributed by atoms with van der Waals surface area (Å²) in [7, 11) is 0. The highest BCUT2D eigenvalue weighted by molar-refractivity contribution is 7.98. The van der Waals surface area contributed by atoms with Crippen LogP contribution in [0.1, 0.15) is 0 Å². The molecular formula is C9H9N3S. The van der Waals surface area contributed by atoms with E-state index in [2.05, 4.69) is 15.0 Å². The highest BCUT2D eigenvalue weighted by Crippen LogP contribution is 2.16. The summed E-state index contributed by atoms with van der Waals surface area (Å²) in [6.07, 6.45) is 7.39. The molecule has 0 aromatic carbocycles. The number of thioether (sulfide) groups is 1. The molecule has 66 valence electrons. The van der Waals surface area contributed by atoms with Gasteiger partial charge in [0.1, 0.15) is 5.69 Å². The number of nitrogens with zero attached hydrogens (tertiary/aromatic N) is 2. The fourth-order valence-electron chi connectivity index (χ4n) is 1.05. The van der Waals surface area contributed by atoms with E-state index < -0.39 is 0 Å². The average Bonchev–Trinajstić information content (AvgIpc) is 2.71. The first-order valence-corrected chi connectivity index (χ1v) is 5.12. The minimum absolute atomic E-state index is 0.813. The number of aromatic nitrogens is 3. The second-order valence-corrected chi connectivity index (χ2v) is 3.40. The Morgan fingerprint density at radius 1 is 1.31 bits per heavy atom. The molecule has 0 saturated carbocycles. The fraction of sp³-hybridized carbons (Fsp3) is 0.111. The zero-order valence-corrected chi connectivity index (χ0v) is 8.01. The lowest BCUT2D eigenvalue weighted by Gasteiger charge is -1.97. The van der Waals surface area contributed by atoms with E-state index in [1.54, 1.807) is 24.2 Å². The Kier molecular flexibility index (Phi) is 2.31. The van der Waals surface area contributed by atoms with Crippen molar-refractivity contribution in [1.82, 2.24) is 15.0 Å². The highest BCUT2D eigenvalue weighted by Gasteiger charge is 1.99. The molecule has 2 heterocycles. The van der Waals surface area contributed by atoms with E-state index in [1.165, 1.54) is 0 Å². The van der Waals surface area contributed by atoms with E-state index in [1.807, 2.05) is 24.6 Å². The predicted molar refractivity (Wildman–Crippen MR) is 53.6 cm³/mol. The van der Waals surface area contributed by atoms with Gasteiger partial charge in [0.15, 0.2) is 5.82 Å². The van der Waals surface area contributed by atoms with E-state index in [-0.39, 0.29) is 0 Å². The van der Waals surface area contributed by atoms with E-state index in [0.29, 0.717) is 0 Å². The molecule has 0 aliphatic rings. The van der Waals surface area contributed by atoms with Gasteiger partial charge in [-0.25, -0.2) is 4.98 Å². The quantitative estimate of drug-likeness (QED) is 0.740. The van der Waals surface area contributed by atoms with Gasteiger partial charge < -0.3 is 4.98 Å². The molecule has 13 heavy (non-hydrogen) atoms. The topological polar surface area (TPSA) is 41.6 Å². The Bertz CT molecular complexity index is 366. The van der Waals surface area contributed by atoms with Crippen LogP contribution in [0.25, 0.3) is 11.5 Å². The van der Waals surface area contributed by atoms with Crippen LogP contribution in [0.5, 0.6) is 0 Å². The van der Waals surface area contributed by atoms with Crippen LogP contribution in [0.2, 0.25) is 0 Å². The molecule has 0 aliphatic carbocycles. The smallest absolute Gasteiger partial charge is 0.155 e. The summed E-state index contributed by atoms with van der Waals surface area (Å²) in [6, 6.07) is 4.00. The summed E-state index contributed by atoms with van der Waals surface area (Å²) >= 11 is 1.68. The average molecular weight is 191 g/mol. The van der Waals surface area contributed by atoms with Gasteiger partial charge in [-0.1, -0.05) is 0 Å². The largest absolute Gasteiger partial charge is 0.343 e. The molecule has 3 nitrogen and oxygen atoms in total. The Labute approximate surface area is 80.6 Å². The molecule has 0 unspecified atom stereocenters. The van der Waals surface area contributed by atoms with Crippen molar-refractivity contribution in [3.8, 4) is 11.5 Å². The zero-order chi connectivity index (χ0) is 9.10. The molecule has 0 bridgehead atoms. The summed E-state index contributed by atoms with van der Waals surface area (Å²) in [6.45, 7) is 0. The van der Waals surface area contributed by atoms with Crippen LogP contribution >= 0.6 is 11.8 Å². The van der Waals surface area contributed by atoms with Gasteiger partial charge in [-0.05, 0) is 18.4 Å². The number of pyridine rings is 1. The lowest BCUT2D eigenvalue weighted by atomic mass is 10.3. The summed E-state index contributed by atoms with van der Waals surface area (Å²) in [5.74, 6) is 0.813. The van der Waals surface area contributed by atoms with Crippen molar-refractivity contribution in [3.63, 3.8) is 0 Å². The molecule has 2 aromatic rings. The third kappa shape index (κ3) is 1.72. The van der Waals surface area contributed by atoms with Crippen molar-refractivity contribution in [2.24, 2.45) is 0 Å². The van der Waals surface area contributed by atoms with Crippen LogP contribution in [0, 0.1) is 0 Å². The number of hydrogen-bond acceptors (Lipinski definition) is 3. The number of nitrogens with one attached hydrogen (secondary N) is 1. The third-order valence-corrected chi connectivity index (χ3v) is 2.43. The third-order valence-electron chi connectivity index (χ3n) is 1.71. The van der Waals surface area contributed by atoms with Crippen molar-refractivity contribution in [3.05, 3.63) is 30.7 Å². The van der Waals surface area contributed by atoms with Crippen LogP contribution in [-0.4, -0.2) is 21.2 Å². The van der Waals surface area contributed by atoms with Crippen molar-refractivity contribution in [2.45, 2.75) is 4.90 Å². The summed E-state index contributed by atoms with van der Waals surface area (Å²) in [4.78, 5) is 12.6. The molecule has 0 saturated heterocycles. The van der Waals surface area contributed by atoms with Gasteiger partial charge in [0.2, 0.25) is 0 Å². The molecular weight excluding hydrogens is 182 g/mol. The molecule has 1 N–H and O–H groups in total. The van der Waals surface area contributed by atoms with E-state index in [4.69, 9.17) is 0 Å². The predicted octanol–water partition coefficient (Wildman–Crippen LogP) is 2.19. The van der Waals surface area contributed by atoms with Crippen LogP contribution in [0.4, 0.5) is 0 Å². The van der Waals surface area contributed by atoms with Gasteiger partial charge in [0.05, 0.1) is 0 Å². The monoisotopic (exact) mass is 191 g/mol. The first kappa shape index (κ1) is 8.31. The van der Waals surface area contributed by atoms with Crippen molar-refractivity contribution < 1.29 is 0 Å². The SMILES string of the molecule is CSc1ccc(-c2ncc[nH]2)nc1. The number of imidazole rings is 1. The van der Waals surface area contributed by atoms with Crippen molar-refractivity contribution in [1.29, 1.82) is 0 Å². The lowest BCUT2D eigenvalue weighted by molar-refractivity contribution is 1.18. The summed E-state index contributed by atoms with van der Waals surface area (Å²) in [5, 5.41) is 0. The summed E-state index contributed by atoms with van der Waals surface area (Å²) in [5.41, 5.74) is 0.878. The minimum Gasteiger partial charge on any atom is -0.343 e. The van der Waals surface area contributed by atoms with E-state index >= 15 is 0 Å². The number of H-pyrrole nitrogens is 1. The van der Waals surface area contributed by atoms with Crippen LogP contribution in [0.3, 0.4) is 0 Å². The second-order valence-electron chi connectivity index (χ2n) is 2.52. The van der Waals surface area contributed by atoms with Gasteiger partial charge in [-0.3, -0.25) is 4.98 Å². The second kappa shape index (κ2) is 3.62. The van der Waals surface area contributed by atoms with Gasteiger partial charge >= 0.3 is 0 Å². The zero-order valence-electron chi connectivity index (χ0n) is 7.19. The minimum atomic E-state index is 0.813. The van der Waals surface area contributed by atoms with Crippen molar-refractivity contribution >= 4 is 11.8 Å². The first-order chi connectivity index (χ1) is 6.40. The fourth-order valence-corrected chi connectivity index (χ4v) is 1.41. The Hall–Kier alpha value is -1.29. The maximum atomic E-state index is 4.28. The number of hydrogen-bond donors (Lipinski definition) is 1. The standard InChI is InChI=1S/C9H9N3S/c1-13-7-2-3-8(12-6-7)9-10-4-5-11-9/h2-6H,1H3,(H,10,11). The van der Waals surface area contributed by atoms with E-state index in [9.17, 15) is 0 Å². The van der Waals surface area contributed by atoms with Gasteiger partial charge in [0.25, 0.3) is 0 Å². The summed E-state index contributed by atoms with van der Waals surface area (Å²) < 4.78 is 0. The van der Waals surface area contributed by atoms with Crippen LogP contribution < -0.4 is 0 Å². The van der Waals surface area contributed by atoms with Gasteiger partial charge in [0, 0.05) is 23.5 Å². The molecule has 4 heteroatoms. The Morgan fingerprint density at radius 3 is 2.77 bits per heavy atom. The van der Waals surface area contributed by atoms with Crippen molar-refractivity contribution in [2.75, 3.05) is 6.26 Å². The molecule has 0 amide bonds. The highest BCUT2D eigenvalue weighted by atomic mass is 32.2. The van der Waals surface area contributed by atoms with E-state index in [0.717, 1.165) is 16.4 Å². The first-order valence-electron chi connectivity index (χ1n) is 3.90. The normalized spacial score (nSPS) is 10.2. The molecule has 0 atom stereocenters. The Morgan fingerprint density at radius 2 is 2.23 bits per heavy atom. The number of rotatable bonds is 2. The molecule has 2 aromatic heterocycles. The lowest BCUT2D eigenvalue weighted by Crippen LogP contribution is -1.84. The van der Waals surface area contributed by atoms with Gasteiger partial charge in [-0.15, -0.1) is 11.8 Å². The molecule has 2 rings (SSSR count).